The lowest BCUT2D eigenvalue weighted by Crippen LogP contribution is -2.16. The molecule has 6 nitrogen and oxygen atoms in total. The Labute approximate surface area is 89.6 Å². The number of hydrogen-bond acceptors (Lipinski definition) is 4. The maximum atomic E-state index is 11.2. The summed E-state index contributed by atoms with van der Waals surface area (Å²) < 4.78 is 0. The largest absolute Gasteiger partial charge is 0.477 e. The summed E-state index contributed by atoms with van der Waals surface area (Å²) in [6.07, 6.45) is 4.41. The molecule has 0 aliphatic heterocycles. The molecule has 6 heteroatoms. The van der Waals surface area contributed by atoms with Crippen LogP contribution in [0.5, 0.6) is 0 Å². The summed E-state index contributed by atoms with van der Waals surface area (Å²) >= 11 is 0. The first-order chi connectivity index (χ1) is 7.68. The lowest BCUT2D eigenvalue weighted by molar-refractivity contribution is 0.0695. The molecule has 0 aliphatic carbocycles. The quantitative estimate of drug-likeness (QED) is 0.764. The van der Waals surface area contributed by atoms with Gasteiger partial charge in [-0.2, -0.15) is 10.2 Å². The third-order valence-corrected chi connectivity index (χ3v) is 2.05. The zero-order valence-corrected chi connectivity index (χ0v) is 8.04. The van der Waals surface area contributed by atoms with Gasteiger partial charge in [-0.1, -0.05) is 0 Å². The number of aromatic nitrogens is 3. The minimum atomic E-state index is -1.26. The molecule has 0 saturated heterocycles. The molecule has 16 heavy (non-hydrogen) atoms. The molecule has 0 fully saturated rings. The van der Waals surface area contributed by atoms with Crippen molar-refractivity contribution >= 4 is 5.97 Å². The van der Waals surface area contributed by atoms with Gasteiger partial charge in [-0.25, -0.2) is 4.79 Å². The van der Waals surface area contributed by atoms with Crippen LogP contribution in [0, 0.1) is 0 Å². The summed E-state index contributed by atoms with van der Waals surface area (Å²) in [4.78, 5) is 24.3. The van der Waals surface area contributed by atoms with Gasteiger partial charge in [0.15, 0.2) is 0 Å². The van der Waals surface area contributed by atoms with Gasteiger partial charge in [-0.05, 0) is 12.1 Å². The van der Waals surface area contributed by atoms with Crippen LogP contribution < -0.4 is 5.56 Å². The van der Waals surface area contributed by atoms with Crippen LogP contribution in [-0.2, 0) is 0 Å². The van der Waals surface area contributed by atoms with Crippen molar-refractivity contribution in [2.75, 3.05) is 0 Å². The van der Waals surface area contributed by atoms with Crippen LogP contribution in [0.2, 0.25) is 0 Å². The number of hydrogen-bond donors (Lipinski definition) is 2. The van der Waals surface area contributed by atoms with Crippen molar-refractivity contribution < 1.29 is 9.90 Å². The van der Waals surface area contributed by atoms with Crippen molar-refractivity contribution in [2.24, 2.45) is 0 Å². The van der Waals surface area contributed by atoms with E-state index in [1.807, 2.05) is 0 Å². The molecule has 0 atom stereocenters. The number of H-pyrrole nitrogens is 1. The summed E-state index contributed by atoms with van der Waals surface area (Å²) in [5.74, 6) is -1.26. The normalized spacial score (nSPS) is 10.0. The SMILES string of the molecule is O=C(O)c1cc(-c2ccnnc2)c[nH]c1=O. The Morgan fingerprint density at radius 2 is 2.12 bits per heavy atom. The summed E-state index contributed by atoms with van der Waals surface area (Å²) in [6.45, 7) is 0. The molecule has 2 heterocycles. The summed E-state index contributed by atoms with van der Waals surface area (Å²) in [5.41, 5.74) is 0.341. The van der Waals surface area contributed by atoms with Crippen molar-refractivity contribution in [2.45, 2.75) is 0 Å². The first kappa shape index (κ1) is 10.0. The van der Waals surface area contributed by atoms with E-state index in [9.17, 15) is 9.59 Å². The van der Waals surface area contributed by atoms with Crippen molar-refractivity contribution in [1.82, 2.24) is 15.2 Å². The molecule has 0 bridgehead atoms. The smallest absolute Gasteiger partial charge is 0.341 e. The fourth-order valence-electron chi connectivity index (χ4n) is 1.27. The van der Waals surface area contributed by atoms with E-state index in [4.69, 9.17) is 5.11 Å². The van der Waals surface area contributed by atoms with Crippen molar-refractivity contribution in [3.05, 3.63) is 46.6 Å². The molecule has 0 amide bonds. The van der Waals surface area contributed by atoms with Gasteiger partial charge >= 0.3 is 5.97 Å². The van der Waals surface area contributed by atoms with E-state index in [2.05, 4.69) is 15.2 Å². The highest BCUT2D eigenvalue weighted by atomic mass is 16.4. The van der Waals surface area contributed by atoms with Crippen LogP contribution in [0.3, 0.4) is 0 Å². The number of rotatable bonds is 2. The van der Waals surface area contributed by atoms with Crippen molar-refractivity contribution in [1.29, 1.82) is 0 Å². The Balaban J connectivity index is 2.57. The fourth-order valence-corrected chi connectivity index (χ4v) is 1.27. The minimum Gasteiger partial charge on any atom is -0.477 e. The maximum absolute atomic E-state index is 11.2. The van der Waals surface area contributed by atoms with Crippen LogP contribution in [0.25, 0.3) is 11.1 Å². The minimum absolute atomic E-state index is 0.297. The molecule has 0 radical (unpaired) electrons. The molecule has 80 valence electrons. The Bertz CT molecular complexity index is 577. The van der Waals surface area contributed by atoms with Gasteiger partial charge in [0.05, 0.1) is 12.4 Å². The third-order valence-electron chi connectivity index (χ3n) is 2.05. The average Bonchev–Trinajstić information content (AvgIpc) is 2.30. The topological polar surface area (TPSA) is 95.9 Å². The van der Waals surface area contributed by atoms with E-state index in [0.29, 0.717) is 11.1 Å². The molecule has 0 spiro atoms. The second kappa shape index (κ2) is 3.93. The third kappa shape index (κ3) is 1.81. The molecule has 2 N–H and O–H groups in total. The van der Waals surface area contributed by atoms with Gasteiger partial charge < -0.3 is 10.1 Å². The Hall–Kier alpha value is -2.50. The predicted molar refractivity (Wildman–Crippen MR) is 55.0 cm³/mol. The molecule has 0 saturated carbocycles. The lowest BCUT2D eigenvalue weighted by Gasteiger charge is -2.00. The van der Waals surface area contributed by atoms with E-state index in [-0.39, 0.29) is 5.56 Å². The molecule has 0 aromatic carbocycles. The molecule has 0 unspecified atom stereocenters. The van der Waals surface area contributed by atoms with Crippen LogP contribution >= 0.6 is 0 Å². The molecule has 2 aromatic rings. The summed E-state index contributed by atoms with van der Waals surface area (Å²) in [7, 11) is 0. The Morgan fingerprint density at radius 3 is 2.75 bits per heavy atom. The number of nitrogens with zero attached hydrogens (tertiary/aromatic N) is 2. The highest BCUT2D eigenvalue weighted by molar-refractivity contribution is 5.88. The van der Waals surface area contributed by atoms with Crippen molar-refractivity contribution in [3.8, 4) is 11.1 Å². The summed E-state index contributed by atoms with van der Waals surface area (Å²) in [5, 5.41) is 16.1. The second-order valence-electron chi connectivity index (χ2n) is 3.07. The van der Waals surface area contributed by atoms with Gasteiger partial charge in [0.2, 0.25) is 0 Å². The van der Waals surface area contributed by atoms with Gasteiger partial charge in [0.1, 0.15) is 5.56 Å². The zero-order chi connectivity index (χ0) is 11.5. The molecular formula is C10H7N3O3. The van der Waals surface area contributed by atoms with Crippen molar-refractivity contribution in [3.63, 3.8) is 0 Å². The van der Waals surface area contributed by atoms with E-state index in [1.54, 1.807) is 6.07 Å². The Morgan fingerprint density at radius 1 is 1.31 bits per heavy atom. The molecule has 2 aromatic heterocycles. The summed E-state index contributed by atoms with van der Waals surface area (Å²) in [6, 6.07) is 2.98. The van der Waals surface area contributed by atoms with Crippen LogP contribution in [0.15, 0.2) is 35.5 Å². The first-order valence-corrected chi connectivity index (χ1v) is 4.41. The highest BCUT2D eigenvalue weighted by Crippen LogP contribution is 2.15. The number of carboxylic acids is 1. The highest BCUT2D eigenvalue weighted by Gasteiger charge is 2.10. The fraction of sp³-hybridized carbons (Fsp3) is 0. The van der Waals surface area contributed by atoms with E-state index < -0.39 is 11.5 Å². The maximum Gasteiger partial charge on any atom is 0.341 e. The number of carboxylic acid groups (broad SMARTS) is 1. The van der Waals surface area contributed by atoms with Gasteiger partial charge in [0, 0.05) is 17.3 Å². The van der Waals surface area contributed by atoms with Gasteiger partial charge in [0.25, 0.3) is 5.56 Å². The second-order valence-corrected chi connectivity index (χ2v) is 3.07. The lowest BCUT2D eigenvalue weighted by atomic mass is 10.1. The zero-order valence-electron chi connectivity index (χ0n) is 8.04. The standard InChI is InChI=1S/C10H7N3O3/c14-9-8(10(15)16)3-7(4-11-9)6-1-2-12-13-5-6/h1-5H,(H,11,14)(H,15,16). The molecular weight excluding hydrogens is 210 g/mol. The number of aromatic amines is 1. The van der Waals surface area contributed by atoms with E-state index in [1.165, 1.54) is 24.7 Å². The van der Waals surface area contributed by atoms with E-state index >= 15 is 0 Å². The predicted octanol–water partition coefficient (Wildman–Crippen LogP) is 0.530. The van der Waals surface area contributed by atoms with Gasteiger partial charge in [-0.15, -0.1) is 0 Å². The average molecular weight is 217 g/mol. The number of aromatic carboxylic acids is 1. The number of nitrogens with one attached hydrogen (secondary N) is 1. The van der Waals surface area contributed by atoms with Crippen LogP contribution in [0.1, 0.15) is 10.4 Å². The Kier molecular flexibility index (Phi) is 2.47. The van der Waals surface area contributed by atoms with Gasteiger partial charge in [-0.3, -0.25) is 4.79 Å². The van der Waals surface area contributed by atoms with Crippen LogP contribution in [0.4, 0.5) is 0 Å². The van der Waals surface area contributed by atoms with E-state index in [0.717, 1.165) is 0 Å². The molecule has 2 rings (SSSR count). The number of carbonyl (C=O) groups is 1. The first-order valence-electron chi connectivity index (χ1n) is 4.41. The monoisotopic (exact) mass is 217 g/mol. The molecule has 0 aliphatic rings. The van der Waals surface area contributed by atoms with Crippen LogP contribution in [-0.4, -0.2) is 26.3 Å². The number of pyridine rings is 1.